The zero-order valence-corrected chi connectivity index (χ0v) is 88.6. The van der Waals surface area contributed by atoms with Crippen LogP contribution < -0.4 is 0 Å². The van der Waals surface area contributed by atoms with E-state index in [1.165, 1.54) is 101 Å². The van der Waals surface area contributed by atoms with Crippen molar-refractivity contribution in [1.82, 2.24) is 19.9 Å². The Morgan fingerprint density at radius 2 is 0.664 bits per heavy atom. The number of hydrogen-bond acceptors (Lipinski definition) is 15. The normalized spacial score (nSPS) is 11.2. The molecule has 7 aromatic rings. The van der Waals surface area contributed by atoms with Gasteiger partial charge in [-0.25, -0.2) is 13.2 Å². The summed E-state index contributed by atoms with van der Waals surface area (Å²) < 4.78 is 45.3. The Bertz CT molecular complexity index is 6430. The maximum atomic E-state index is 13.4. The van der Waals surface area contributed by atoms with Crippen LogP contribution in [-0.4, -0.2) is 69.4 Å². The first-order chi connectivity index (χ1) is 54.0. The predicted molar refractivity (Wildman–Crippen MR) is 557 cm³/mol. The number of nitrogens with zero attached hydrogens (tertiary/aromatic N) is 4. The molecule has 3 amide bonds. The third kappa shape index (κ3) is 35.4. The number of fused-ring (bicyclic) bond motifs is 4. The van der Waals surface area contributed by atoms with Gasteiger partial charge in [-0.1, -0.05) is 72.3 Å². The number of amides is 3. The summed E-state index contributed by atoms with van der Waals surface area (Å²) >= 11 is 19.0. The van der Waals surface area contributed by atoms with Crippen LogP contribution in [0.25, 0.3) is 11.0 Å². The molecule has 0 fully saturated rings. The van der Waals surface area contributed by atoms with Crippen LogP contribution in [0.15, 0.2) is 89.6 Å². The molecule has 3 aliphatic rings. The molecule has 4 heterocycles. The molecule has 56 heteroatoms. The lowest BCUT2D eigenvalue weighted by atomic mass is 9.95. The van der Waals surface area contributed by atoms with Gasteiger partial charge in [-0.15, -0.1) is 0 Å². The molecule has 0 aliphatic carbocycles. The van der Waals surface area contributed by atoms with Crippen LogP contribution in [0.5, 0.6) is 28.7 Å². The molecule has 0 saturated carbocycles. The standard InChI is InChI=1S/C19H17FN2O3.C19H18FNO4.C18H18FNO3.CH4.S20.S19/c1-10(2)14-6-15(17(23)16-7-21-25-18(14)16)19(24)22-8-11-3-4-13(20)5-12(11)9-22;1-10(2)14-6-15(18(24)16(9-22)17(14)23)19(25)21-7-11-3-4-13(20)5-12(11)8-21;1-10(2)14-6-15(17(22)7-16(14)21)18(23)20-8-11-3-4-13(19)5-12(11)9-20;;1-3-5-7-9-11-13-15-17-19-20-18-16-14-12-10-8-6-4-2;1-3-5-7-9-11-13-15-17-19-18-16-14-12-10-8-6-4-2/h3-7,10,23H,8-9H2,1-2H3;3-6,9-10,23-24H,7-8H2,1-2H3;3-7,10,21-22H,8-9H2,1-2H3;1H4;;. The summed E-state index contributed by atoms with van der Waals surface area (Å²) in [6, 6.07) is 19.2. The first kappa shape index (κ1) is 104. The number of hydrogen-bond donors (Lipinski definition) is 5. The Hall–Kier alpha value is 0.240. The molecule has 113 heavy (non-hydrogen) atoms. The van der Waals surface area contributed by atoms with Crippen LogP contribution in [-0.2, 0) is 395 Å². The minimum atomic E-state index is -0.538. The highest BCUT2D eigenvalue weighted by atomic mass is 33.5. The lowest BCUT2D eigenvalue weighted by Crippen LogP contribution is -2.25. The Kier molecular flexibility index (Phi) is 53.6. The topological polar surface area (TPSA) is 205 Å². The molecular weight excluding hydrogens is 2210 g/mol. The first-order valence-electron chi connectivity index (χ1n) is 29.7. The van der Waals surface area contributed by atoms with E-state index in [4.69, 9.17) is 49.3 Å². The number of phenols is 5. The fourth-order valence-corrected chi connectivity index (χ4v) is 94.7. The number of carbonyl (C=O) groups is 4. The number of aromatic nitrogens is 1. The van der Waals surface area contributed by atoms with Crippen molar-refractivity contribution in [2.45, 2.75) is 106 Å². The van der Waals surface area contributed by atoms with Gasteiger partial charge in [0.15, 0.2) is 11.9 Å². The second-order valence-corrected chi connectivity index (χ2v) is 83.6. The van der Waals surface area contributed by atoms with Crippen LogP contribution in [0.1, 0.15) is 158 Å². The van der Waals surface area contributed by atoms with Gasteiger partial charge in [0.2, 0.25) is 0 Å². The summed E-state index contributed by atoms with van der Waals surface area (Å²) in [6.07, 6.45) is 1.75. The number of rotatable bonds is 7. The van der Waals surface area contributed by atoms with E-state index in [1.807, 2.05) is 41.5 Å². The van der Waals surface area contributed by atoms with Crippen molar-refractivity contribution in [2.75, 3.05) is 0 Å². The van der Waals surface area contributed by atoms with Crippen LogP contribution in [0.4, 0.5) is 13.2 Å². The maximum Gasteiger partial charge on any atom is 0.258 e. The molecule has 0 saturated heterocycles. The van der Waals surface area contributed by atoms with Crippen molar-refractivity contribution in [3.05, 3.63) is 175 Å². The number of halogens is 3. The van der Waals surface area contributed by atoms with Crippen molar-refractivity contribution in [2.24, 2.45) is 0 Å². The molecule has 0 spiro atoms. The van der Waals surface area contributed by atoms with E-state index in [0.717, 1.165) is 33.4 Å². The monoisotopic (exact) mass is 2260 g/mol. The molecular formula is C57H57F3N4O10S39. The van der Waals surface area contributed by atoms with E-state index >= 15 is 0 Å². The second kappa shape index (κ2) is 58.4. The number of carbonyl (C=O) groups excluding carboxylic acids is 4. The maximum absolute atomic E-state index is 13.4. The van der Waals surface area contributed by atoms with Crippen LogP contribution in [0, 0.1) is 17.5 Å². The third-order valence-electron chi connectivity index (χ3n) is 14.3. The van der Waals surface area contributed by atoms with E-state index in [0.29, 0.717) is 66.7 Å². The van der Waals surface area contributed by atoms with Gasteiger partial charge >= 0.3 is 0 Å². The van der Waals surface area contributed by atoms with Crippen molar-refractivity contribution in [3.8, 4) is 28.7 Å². The van der Waals surface area contributed by atoms with Gasteiger partial charge in [0.05, 0.1) is 33.8 Å². The quantitative estimate of drug-likeness (QED) is 0.0942. The molecule has 5 N–H and O–H groups in total. The van der Waals surface area contributed by atoms with Crippen molar-refractivity contribution in [1.29, 1.82) is 0 Å². The second-order valence-electron chi connectivity index (χ2n) is 21.7. The summed E-state index contributed by atoms with van der Waals surface area (Å²) in [5.74, 6) is -3.39. The molecule has 620 valence electrons. The SMILES string of the molecule is C.CC(C)c1cc(C(=O)N2Cc3ccc(F)cc3C2)c(O)c(C=O)c1O.CC(C)c1cc(C(=O)N2Cc3ccc(F)cc3C2)c(O)c2cnoc12.CC(C)c1cc(C(=O)N2Cc3ccc(F)cc3C2)c(O)cc1O.S=S=S=S=S=S=S=S=S=S=S=S=S=S=S=S=S=S=S.S=S=S=S=S=S=S=S=S=S=S=S=S=S=S=S=S=S=S=S. The zero-order valence-electron chi connectivity index (χ0n) is 56.8. The van der Waals surface area contributed by atoms with Gasteiger partial charge < -0.3 is 44.8 Å². The minimum absolute atomic E-state index is 0. The van der Waals surface area contributed by atoms with E-state index in [-0.39, 0.29) is 106 Å². The van der Waals surface area contributed by atoms with Gasteiger partial charge in [0.25, 0.3) is 17.7 Å². The van der Waals surface area contributed by atoms with Crippen LogP contribution in [0.2, 0.25) is 0 Å². The van der Waals surface area contributed by atoms with Gasteiger partial charge in [0.1, 0.15) is 46.2 Å². The van der Waals surface area contributed by atoms with E-state index in [2.05, 4.69) is 5.16 Å². The highest BCUT2D eigenvalue weighted by Crippen LogP contribution is 2.40. The molecule has 10 rings (SSSR count). The van der Waals surface area contributed by atoms with Crippen molar-refractivity contribution in [3.63, 3.8) is 0 Å². The van der Waals surface area contributed by atoms with Gasteiger partial charge in [0, 0.05) is 406 Å². The van der Waals surface area contributed by atoms with E-state index < -0.39 is 11.7 Å². The average molecular weight is 2270 g/mol. The Morgan fingerprint density at radius 3 is 0.973 bits per heavy atom. The van der Waals surface area contributed by atoms with Crippen LogP contribution >= 0.6 is 0 Å². The number of aromatic hydroxyl groups is 5. The third-order valence-corrected chi connectivity index (χ3v) is 87.6. The highest BCUT2D eigenvalue weighted by molar-refractivity contribution is 8.79. The van der Waals surface area contributed by atoms with Gasteiger partial charge in [-0.3, -0.25) is 19.2 Å². The van der Waals surface area contributed by atoms with E-state index in [1.54, 1.807) is 309 Å². The summed E-state index contributed by atoms with van der Waals surface area (Å²) in [5.41, 5.74) is 7.31. The number of aldehydes is 1. The molecule has 6 aromatic carbocycles. The Balaban J connectivity index is 0.000000253. The van der Waals surface area contributed by atoms with Gasteiger partial charge in [-0.2, -0.15) is 0 Å². The van der Waals surface area contributed by atoms with Crippen molar-refractivity contribution < 1.29 is 62.4 Å². The molecule has 0 radical (unpaired) electrons. The largest absolute Gasteiger partial charge is 0.508 e. The highest BCUT2D eigenvalue weighted by Gasteiger charge is 2.32. The zero-order chi connectivity index (χ0) is 81.5. The lowest BCUT2D eigenvalue weighted by molar-refractivity contribution is 0.0740. The summed E-state index contributed by atoms with van der Waals surface area (Å²) in [6.45, 7) is 13.3. The predicted octanol–water partition coefficient (Wildman–Crippen LogP) is 11.3. The van der Waals surface area contributed by atoms with Crippen LogP contribution in [0.3, 0.4) is 0 Å². The Morgan fingerprint density at radius 1 is 0.381 bits per heavy atom. The molecule has 14 nitrogen and oxygen atoms in total. The molecule has 3 aliphatic heterocycles. The van der Waals surface area contributed by atoms with Gasteiger partial charge in [-0.05, 0) is 117 Å². The average Bonchev–Trinajstić information content (AvgIpc) is 1.70. The molecule has 1 aromatic heterocycles. The van der Waals surface area contributed by atoms with E-state index in [9.17, 15) is 57.9 Å². The summed E-state index contributed by atoms with van der Waals surface area (Å²) in [4.78, 5) is 54.4. The fraction of sp³-hybridized carbons (Fsp3) is 0.281. The summed E-state index contributed by atoms with van der Waals surface area (Å²) in [7, 11) is 59.8. The lowest BCUT2D eigenvalue weighted by Gasteiger charge is -2.19. The number of phenolic OH excluding ortho intramolecular Hbond substituents is 5. The smallest absolute Gasteiger partial charge is 0.258 e. The molecule has 0 unspecified atom stereocenters. The molecule has 0 bridgehead atoms. The summed E-state index contributed by atoms with van der Waals surface area (Å²) in [5, 5.41) is 55.0. The number of benzene rings is 6. The Labute approximate surface area is 769 Å². The fourth-order valence-electron chi connectivity index (χ4n) is 9.67. The first-order valence-corrected chi connectivity index (χ1v) is 79.0. The molecule has 0 atom stereocenters. The van der Waals surface area contributed by atoms with Crippen molar-refractivity contribution >= 4 is 391 Å². The minimum Gasteiger partial charge on any atom is -0.508 e.